The molecule has 3 heterocycles. The number of imidazole rings is 1. The summed E-state index contributed by atoms with van der Waals surface area (Å²) in [4.78, 5) is 17.8. The summed E-state index contributed by atoms with van der Waals surface area (Å²) in [5, 5.41) is 13.7. The highest BCUT2D eigenvalue weighted by molar-refractivity contribution is 6.38. The summed E-state index contributed by atoms with van der Waals surface area (Å²) in [5.74, 6) is 0.819. The second-order valence-electron chi connectivity index (χ2n) is 9.78. The van der Waals surface area contributed by atoms with Crippen LogP contribution >= 0.6 is 11.6 Å². The van der Waals surface area contributed by atoms with Crippen molar-refractivity contribution in [2.75, 3.05) is 39.1 Å². The molecule has 1 atom stereocenters. The van der Waals surface area contributed by atoms with E-state index in [1.807, 2.05) is 79.3 Å². The number of nitrogens with zero attached hydrogens (tertiary/aromatic N) is 6. The highest BCUT2D eigenvalue weighted by Crippen LogP contribution is 2.43. The summed E-state index contributed by atoms with van der Waals surface area (Å²) in [7, 11) is 8.02. The Morgan fingerprint density at radius 2 is 1.66 bits per heavy atom. The van der Waals surface area contributed by atoms with Crippen LogP contribution in [-0.4, -0.2) is 63.8 Å². The van der Waals surface area contributed by atoms with Crippen LogP contribution in [0.1, 0.15) is 16.8 Å². The molecule has 1 unspecified atom stereocenters. The number of anilines is 1. The molecule has 0 aliphatic heterocycles. The lowest BCUT2D eigenvalue weighted by atomic mass is 9.83. The van der Waals surface area contributed by atoms with Gasteiger partial charge in [0, 0.05) is 50.5 Å². The van der Waals surface area contributed by atoms with E-state index in [0.717, 1.165) is 40.9 Å². The van der Waals surface area contributed by atoms with Crippen LogP contribution in [-0.2, 0) is 12.6 Å². The van der Waals surface area contributed by atoms with E-state index >= 15 is 0 Å². The zero-order valence-corrected chi connectivity index (χ0v) is 22.8. The molecule has 0 aliphatic carbocycles. The van der Waals surface area contributed by atoms with E-state index in [0.29, 0.717) is 21.8 Å². The fourth-order valence-corrected chi connectivity index (χ4v) is 5.14. The van der Waals surface area contributed by atoms with E-state index in [4.69, 9.17) is 16.6 Å². The SMILES string of the molecule is CN(C)CCN(C)c1nc2ccc(C(O)(c3ccncc3)c3cncn3C)cc2c(Cl)c1-c1ccccc1. The standard InChI is InChI=1S/C30H31ClN6O/c1-35(2)16-17-36(3)29-27(21-8-6-5-7-9-21)28(31)24-18-23(10-11-25(24)34-29)30(38,22-12-14-32-15-13-22)26-19-33-20-37(26)4/h5-15,18-20,38H,16-17H2,1-4H3. The van der Waals surface area contributed by atoms with Gasteiger partial charge in [-0.2, -0.15) is 0 Å². The first-order chi connectivity index (χ1) is 18.3. The van der Waals surface area contributed by atoms with Crippen molar-refractivity contribution in [3.8, 4) is 11.1 Å². The molecule has 0 amide bonds. The van der Waals surface area contributed by atoms with Gasteiger partial charge in [-0.3, -0.25) is 4.98 Å². The van der Waals surface area contributed by atoms with Crippen LogP contribution in [0.5, 0.6) is 0 Å². The Labute approximate surface area is 228 Å². The molecule has 1 N–H and O–H groups in total. The van der Waals surface area contributed by atoms with Crippen LogP contribution in [0.25, 0.3) is 22.0 Å². The quantitative estimate of drug-likeness (QED) is 0.308. The van der Waals surface area contributed by atoms with Crippen LogP contribution in [0, 0.1) is 0 Å². The van der Waals surface area contributed by atoms with Crippen molar-refractivity contribution in [1.82, 2.24) is 24.4 Å². The van der Waals surface area contributed by atoms with Crippen LogP contribution in [0.4, 0.5) is 5.82 Å². The number of aryl methyl sites for hydroxylation is 1. The minimum atomic E-state index is -1.47. The minimum absolute atomic E-state index is 0.594. The third-order valence-electron chi connectivity index (χ3n) is 6.91. The highest BCUT2D eigenvalue weighted by atomic mass is 35.5. The molecule has 0 bridgehead atoms. The second kappa shape index (κ2) is 10.5. The van der Waals surface area contributed by atoms with Crippen molar-refractivity contribution in [3.05, 3.63) is 107 Å². The minimum Gasteiger partial charge on any atom is -0.374 e. The summed E-state index contributed by atoms with van der Waals surface area (Å²) in [5.41, 5.74) is 3.12. The van der Waals surface area contributed by atoms with Gasteiger partial charge in [-0.1, -0.05) is 48.0 Å². The lowest BCUT2D eigenvalue weighted by Gasteiger charge is -2.30. The predicted molar refractivity (Wildman–Crippen MR) is 154 cm³/mol. The van der Waals surface area contributed by atoms with Crippen molar-refractivity contribution < 1.29 is 5.11 Å². The summed E-state index contributed by atoms with van der Waals surface area (Å²) >= 11 is 7.23. The molecule has 8 heteroatoms. The van der Waals surface area contributed by atoms with E-state index in [2.05, 4.69) is 33.9 Å². The highest BCUT2D eigenvalue weighted by Gasteiger charge is 2.37. The number of fused-ring (bicyclic) bond motifs is 1. The van der Waals surface area contributed by atoms with Gasteiger partial charge in [0.15, 0.2) is 5.60 Å². The molecule has 0 fully saturated rings. The van der Waals surface area contributed by atoms with Gasteiger partial charge in [0.05, 0.1) is 28.8 Å². The number of pyridine rings is 2. The van der Waals surface area contributed by atoms with Crippen molar-refractivity contribution >= 4 is 28.3 Å². The van der Waals surface area contributed by atoms with Crippen molar-refractivity contribution in [2.45, 2.75) is 5.60 Å². The normalized spacial score (nSPS) is 13.1. The molecule has 0 spiro atoms. The van der Waals surface area contributed by atoms with E-state index < -0.39 is 5.60 Å². The number of hydrogen-bond acceptors (Lipinski definition) is 6. The number of rotatable bonds is 8. The number of hydrogen-bond donors (Lipinski definition) is 1. The molecule has 38 heavy (non-hydrogen) atoms. The predicted octanol–water partition coefficient (Wildman–Crippen LogP) is 4.97. The van der Waals surface area contributed by atoms with E-state index in [1.165, 1.54) is 0 Å². The third-order valence-corrected chi connectivity index (χ3v) is 7.30. The summed E-state index contributed by atoms with van der Waals surface area (Å²) < 4.78 is 1.82. The molecule has 5 rings (SSSR count). The number of aromatic nitrogens is 4. The molecular weight excluding hydrogens is 496 g/mol. The molecule has 7 nitrogen and oxygen atoms in total. The second-order valence-corrected chi connectivity index (χ2v) is 10.2. The summed E-state index contributed by atoms with van der Waals surface area (Å²) in [6, 6.07) is 19.5. The average Bonchev–Trinajstić information content (AvgIpc) is 3.38. The molecule has 0 radical (unpaired) electrons. The maximum atomic E-state index is 12.3. The van der Waals surface area contributed by atoms with Crippen molar-refractivity contribution in [3.63, 3.8) is 0 Å². The Kier molecular flexibility index (Phi) is 7.17. The fraction of sp³-hybridized carbons (Fsp3) is 0.233. The molecule has 194 valence electrons. The summed E-state index contributed by atoms with van der Waals surface area (Å²) in [6.45, 7) is 1.67. The van der Waals surface area contributed by atoms with Gasteiger partial charge in [-0.25, -0.2) is 9.97 Å². The number of likely N-dealkylation sites (N-methyl/N-ethyl adjacent to an activating group) is 2. The molecule has 0 saturated heterocycles. The Hall–Kier alpha value is -3.78. The smallest absolute Gasteiger partial charge is 0.157 e. The Morgan fingerprint density at radius 1 is 0.921 bits per heavy atom. The fourth-order valence-electron chi connectivity index (χ4n) is 4.79. The Morgan fingerprint density at radius 3 is 2.32 bits per heavy atom. The number of aliphatic hydroxyl groups is 1. The van der Waals surface area contributed by atoms with Crippen molar-refractivity contribution in [1.29, 1.82) is 0 Å². The van der Waals surface area contributed by atoms with Gasteiger partial charge in [-0.15, -0.1) is 0 Å². The molecule has 0 saturated carbocycles. The largest absolute Gasteiger partial charge is 0.374 e. The van der Waals surface area contributed by atoms with Crippen molar-refractivity contribution in [2.24, 2.45) is 7.05 Å². The molecular formula is C30H31ClN6O. The molecule has 2 aromatic carbocycles. The Balaban J connectivity index is 1.74. The zero-order chi connectivity index (χ0) is 26.9. The number of benzene rings is 2. The maximum Gasteiger partial charge on any atom is 0.157 e. The van der Waals surface area contributed by atoms with Gasteiger partial charge in [0.2, 0.25) is 0 Å². The molecule has 3 aromatic heterocycles. The van der Waals surface area contributed by atoms with E-state index in [9.17, 15) is 5.11 Å². The topological polar surface area (TPSA) is 70.3 Å². The van der Waals surface area contributed by atoms with E-state index in [1.54, 1.807) is 24.9 Å². The Bertz CT molecular complexity index is 1550. The molecule has 5 aromatic rings. The van der Waals surface area contributed by atoms with Gasteiger partial charge in [-0.05, 0) is 55.1 Å². The third kappa shape index (κ3) is 4.65. The van der Waals surface area contributed by atoms with Crippen LogP contribution in [0.3, 0.4) is 0 Å². The zero-order valence-electron chi connectivity index (χ0n) is 22.0. The first-order valence-corrected chi connectivity index (χ1v) is 12.8. The van der Waals surface area contributed by atoms with Gasteiger partial charge >= 0.3 is 0 Å². The first-order valence-electron chi connectivity index (χ1n) is 12.5. The lowest BCUT2D eigenvalue weighted by Crippen LogP contribution is -2.31. The molecule has 0 aliphatic rings. The van der Waals surface area contributed by atoms with Gasteiger partial charge in [0.25, 0.3) is 0 Å². The average molecular weight is 527 g/mol. The maximum absolute atomic E-state index is 12.3. The van der Waals surface area contributed by atoms with Gasteiger partial charge < -0.3 is 19.5 Å². The van der Waals surface area contributed by atoms with E-state index in [-0.39, 0.29) is 0 Å². The van der Waals surface area contributed by atoms with Crippen LogP contribution < -0.4 is 4.90 Å². The monoisotopic (exact) mass is 526 g/mol. The summed E-state index contributed by atoms with van der Waals surface area (Å²) in [6.07, 6.45) is 6.72. The van der Waals surface area contributed by atoms with Crippen LogP contribution in [0.15, 0.2) is 85.6 Å². The van der Waals surface area contributed by atoms with Crippen LogP contribution in [0.2, 0.25) is 5.02 Å². The number of halogens is 1. The first kappa shape index (κ1) is 25.9. The lowest BCUT2D eigenvalue weighted by molar-refractivity contribution is 0.117. The van der Waals surface area contributed by atoms with Gasteiger partial charge in [0.1, 0.15) is 5.82 Å².